The lowest BCUT2D eigenvalue weighted by Crippen LogP contribution is -2.50. The number of halogens is 1. The minimum Gasteiger partial charge on any atom is -0.458 e. The Morgan fingerprint density at radius 2 is 1.77 bits per heavy atom. The van der Waals surface area contributed by atoms with Crippen molar-refractivity contribution in [3.8, 4) is 11.4 Å². The van der Waals surface area contributed by atoms with Gasteiger partial charge < -0.3 is 31.2 Å². The number of hydrogen-bond acceptors (Lipinski definition) is 8. The molecule has 0 saturated carbocycles. The summed E-state index contributed by atoms with van der Waals surface area (Å²) in [6, 6.07) is 1.86. The average molecular weight is 610 g/mol. The molecule has 0 fully saturated rings. The zero-order valence-corrected chi connectivity index (χ0v) is 25.9. The number of primary amides is 1. The highest BCUT2D eigenvalue weighted by Crippen LogP contribution is 2.42. The third kappa shape index (κ3) is 5.71. The number of aromatic nitrogens is 2. The molecule has 3 unspecified atom stereocenters. The van der Waals surface area contributed by atoms with Gasteiger partial charge in [-0.1, -0.05) is 27.7 Å². The summed E-state index contributed by atoms with van der Waals surface area (Å²) in [6.45, 7) is 11.2. The van der Waals surface area contributed by atoms with Crippen molar-refractivity contribution in [2.75, 3.05) is 0 Å². The van der Waals surface area contributed by atoms with Gasteiger partial charge in [-0.25, -0.2) is 14.2 Å². The lowest BCUT2D eigenvalue weighted by molar-refractivity contribution is -0.157. The molecule has 4 heterocycles. The molecule has 0 radical (unpaired) electrons. The minimum atomic E-state index is -1.48. The summed E-state index contributed by atoms with van der Waals surface area (Å²) < 4.78 is 21.1. The van der Waals surface area contributed by atoms with Gasteiger partial charge in [-0.05, 0) is 61.8 Å². The summed E-state index contributed by atoms with van der Waals surface area (Å²) in [4.78, 5) is 51.4. The van der Waals surface area contributed by atoms with Crippen molar-refractivity contribution in [2.24, 2.45) is 17.4 Å². The lowest BCUT2D eigenvalue weighted by Gasteiger charge is -2.22. The second-order valence-electron chi connectivity index (χ2n) is 11.4. The Balaban J connectivity index is 0.000000252. The Bertz CT molecular complexity index is 1720. The first-order chi connectivity index (χ1) is 20.8. The van der Waals surface area contributed by atoms with Gasteiger partial charge in [0.1, 0.15) is 18.5 Å². The Labute approximate surface area is 254 Å². The van der Waals surface area contributed by atoms with Crippen LogP contribution in [0.5, 0.6) is 0 Å². The number of carbonyl (C=O) groups is 3. The van der Waals surface area contributed by atoms with E-state index in [1.807, 2.05) is 27.7 Å². The van der Waals surface area contributed by atoms with Crippen LogP contribution in [0.25, 0.3) is 22.3 Å². The number of nitrogens with zero attached hydrogens (tertiary/aromatic N) is 2. The largest absolute Gasteiger partial charge is 0.458 e. The van der Waals surface area contributed by atoms with E-state index in [1.165, 1.54) is 13.0 Å². The third-order valence-corrected chi connectivity index (χ3v) is 8.35. The molecule has 6 rings (SSSR count). The van der Waals surface area contributed by atoms with Gasteiger partial charge >= 0.3 is 5.97 Å². The number of nitrogens with one attached hydrogen (secondary N) is 1. The van der Waals surface area contributed by atoms with Crippen LogP contribution in [0.15, 0.2) is 16.9 Å². The molecule has 236 valence electrons. The van der Waals surface area contributed by atoms with Crippen LogP contribution < -0.4 is 22.3 Å². The van der Waals surface area contributed by atoms with E-state index in [-0.39, 0.29) is 35.4 Å². The van der Waals surface area contributed by atoms with E-state index in [4.69, 9.17) is 21.2 Å². The molecule has 3 aliphatic rings. The smallest absolute Gasteiger partial charge is 0.340 e. The van der Waals surface area contributed by atoms with E-state index in [0.717, 1.165) is 41.3 Å². The molecule has 44 heavy (non-hydrogen) atoms. The molecule has 0 bridgehead atoms. The summed E-state index contributed by atoms with van der Waals surface area (Å²) >= 11 is 0. The number of aryl methyl sites for hydroxylation is 2. The number of benzene rings is 1. The van der Waals surface area contributed by atoms with Gasteiger partial charge in [0.05, 0.1) is 35.1 Å². The normalized spacial score (nSPS) is 17.1. The van der Waals surface area contributed by atoms with Crippen LogP contribution in [0.4, 0.5) is 4.39 Å². The van der Waals surface area contributed by atoms with Crippen molar-refractivity contribution >= 4 is 28.7 Å². The van der Waals surface area contributed by atoms with E-state index in [9.17, 15) is 28.7 Å². The zero-order chi connectivity index (χ0) is 32.6. The highest BCUT2D eigenvalue weighted by Gasteiger charge is 2.35. The standard InChI is InChI=1S/C22H17FN2O4.C8H17N3O2.C2H6/c1-9-10-3-2-4-11-13-7-25-17(19(13)24-16(18(10)11)6-15(9)23)5-12-14(21(25)27)8-29-22(28)20(12)26;1-4(2)6(9)8(13)11-5(3)7(10)12;1-2/h5-6,20,26H,2-4,7-8H2,1H3;4-6H,9H2,1-3H3,(H2,10,12)(H,11,13);1-2H3. The van der Waals surface area contributed by atoms with Crippen molar-refractivity contribution in [3.63, 3.8) is 0 Å². The van der Waals surface area contributed by atoms with Crippen molar-refractivity contribution in [2.45, 2.75) is 92.1 Å². The van der Waals surface area contributed by atoms with Crippen molar-refractivity contribution < 1.29 is 28.6 Å². The third-order valence-electron chi connectivity index (χ3n) is 8.35. The molecule has 0 saturated heterocycles. The van der Waals surface area contributed by atoms with Crippen molar-refractivity contribution in [3.05, 3.63) is 61.7 Å². The topological polar surface area (TPSA) is 180 Å². The molecule has 1 aromatic carbocycles. The molecule has 11 nitrogen and oxygen atoms in total. The minimum absolute atomic E-state index is 0.0417. The maximum absolute atomic E-state index is 14.5. The molecule has 2 aliphatic heterocycles. The van der Waals surface area contributed by atoms with Gasteiger partial charge in [-0.15, -0.1) is 0 Å². The number of ether oxygens (including phenoxy) is 1. The maximum atomic E-state index is 14.5. The molecule has 3 aromatic rings. The monoisotopic (exact) mass is 609 g/mol. The Morgan fingerprint density at radius 1 is 1.11 bits per heavy atom. The zero-order valence-electron chi connectivity index (χ0n) is 25.9. The number of carbonyl (C=O) groups excluding carboxylic acids is 3. The SMILES string of the molecule is CC.CC(NC(=O)C(N)C(C)C)C(N)=O.Cc1c(F)cc2nc3c(c4c2c1CCC4)Cn1c-3cc2c(c1=O)COC(=O)C2O. The number of aliphatic hydroxyl groups excluding tert-OH is 1. The number of aliphatic hydroxyl groups is 1. The number of fused-ring (bicyclic) bond motifs is 5. The number of esters is 1. The Morgan fingerprint density at radius 3 is 2.41 bits per heavy atom. The molecular weight excluding hydrogens is 569 g/mol. The first kappa shape index (κ1) is 32.7. The van der Waals surface area contributed by atoms with E-state index >= 15 is 0 Å². The summed E-state index contributed by atoms with van der Waals surface area (Å²) in [5.41, 5.74) is 16.4. The van der Waals surface area contributed by atoms with E-state index < -0.39 is 30.1 Å². The van der Waals surface area contributed by atoms with Crippen LogP contribution in [0, 0.1) is 18.7 Å². The molecule has 3 atom stereocenters. The fourth-order valence-corrected chi connectivity index (χ4v) is 5.75. The summed E-state index contributed by atoms with van der Waals surface area (Å²) in [5.74, 6) is -1.90. The first-order valence-electron chi connectivity index (χ1n) is 14.9. The van der Waals surface area contributed by atoms with Crippen LogP contribution in [-0.4, -0.2) is 44.5 Å². The van der Waals surface area contributed by atoms with E-state index in [2.05, 4.69) is 5.32 Å². The molecular formula is C32H40FN5O6. The number of rotatable bonds is 4. The van der Waals surface area contributed by atoms with Crippen LogP contribution in [-0.2, 0) is 45.1 Å². The maximum Gasteiger partial charge on any atom is 0.340 e. The van der Waals surface area contributed by atoms with Crippen LogP contribution in [0.1, 0.15) is 80.5 Å². The molecule has 6 N–H and O–H groups in total. The van der Waals surface area contributed by atoms with Gasteiger partial charge in [0.15, 0.2) is 6.10 Å². The molecule has 2 amide bonds. The Kier molecular flexibility index (Phi) is 9.55. The fourth-order valence-electron chi connectivity index (χ4n) is 5.75. The van der Waals surface area contributed by atoms with Crippen LogP contribution in [0.3, 0.4) is 0 Å². The number of cyclic esters (lactones) is 1. The van der Waals surface area contributed by atoms with Crippen LogP contribution in [0.2, 0.25) is 0 Å². The van der Waals surface area contributed by atoms with Gasteiger partial charge in [0, 0.05) is 22.6 Å². The summed E-state index contributed by atoms with van der Waals surface area (Å²) in [6.07, 6.45) is 1.12. The number of hydrogen-bond donors (Lipinski definition) is 4. The second-order valence-corrected chi connectivity index (χ2v) is 11.4. The summed E-state index contributed by atoms with van der Waals surface area (Å²) in [7, 11) is 0. The van der Waals surface area contributed by atoms with Gasteiger partial charge in [0.2, 0.25) is 11.8 Å². The predicted octanol–water partition coefficient (Wildman–Crippen LogP) is 2.44. The number of nitrogens with two attached hydrogens (primary N) is 2. The highest BCUT2D eigenvalue weighted by molar-refractivity contribution is 5.92. The van der Waals surface area contributed by atoms with Crippen LogP contribution >= 0.6 is 0 Å². The Hall–Kier alpha value is -4.16. The highest BCUT2D eigenvalue weighted by atomic mass is 19.1. The quantitative estimate of drug-likeness (QED) is 0.255. The molecule has 2 aromatic heterocycles. The number of pyridine rings is 2. The van der Waals surface area contributed by atoms with Crippen molar-refractivity contribution in [1.29, 1.82) is 0 Å². The van der Waals surface area contributed by atoms with E-state index in [0.29, 0.717) is 34.6 Å². The van der Waals surface area contributed by atoms with Gasteiger partial charge in [-0.3, -0.25) is 14.4 Å². The lowest BCUT2D eigenvalue weighted by atomic mass is 9.85. The molecule has 12 heteroatoms. The molecule has 1 aliphatic carbocycles. The first-order valence-corrected chi connectivity index (χ1v) is 14.9. The fraction of sp³-hybridized carbons (Fsp3) is 0.469. The summed E-state index contributed by atoms with van der Waals surface area (Å²) in [5, 5.41) is 13.7. The predicted molar refractivity (Wildman–Crippen MR) is 163 cm³/mol. The molecule has 0 spiro atoms. The van der Waals surface area contributed by atoms with Gasteiger partial charge in [0.25, 0.3) is 5.56 Å². The van der Waals surface area contributed by atoms with E-state index in [1.54, 1.807) is 17.6 Å². The van der Waals surface area contributed by atoms with Gasteiger partial charge in [-0.2, -0.15) is 0 Å². The second kappa shape index (κ2) is 12.8. The number of amides is 2. The average Bonchev–Trinajstić information content (AvgIpc) is 3.37. The van der Waals surface area contributed by atoms with Crippen molar-refractivity contribution in [1.82, 2.24) is 14.9 Å².